The first-order valence-corrected chi connectivity index (χ1v) is 6.94. The fourth-order valence-electron chi connectivity index (χ4n) is 2.68. The van der Waals surface area contributed by atoms with Crippen LogP contribution in [0.15, 0.2) is 18.2 Å². The minimum absolute atomic E-state index is 0.0482. The molecule has 1 unspecified atom stereocenters. The Kier molecular flexibility index (Phi) is 3.88. The molecule has 1 heterocycles. The molecule has 1 fully saturated rings. The SMILES string of the molecule is CC(C)(C)C1CCN(c2ccc(Cl)cc2CO)C1. The third-order valence-corrected chi connectivity index (χ3v) is 4.20. The van der Waals surface area contributed by atoms with Crippen LogP contribution in [0.5, 0.6) is 0 Å². The molecule has 3 heteroatoms. The fraction of sp³-hybridized carbons (Fsp3) is 0.600. The van der Waals surface area contributed by atoms with E-state index in [2.05, 4.69) is 25.7 Å². The first-order valence-electron chi connectivity index (χ1n) is 6.56. The highest BCUT2D eigenvalue weighted by molar-refractivity contribution is 6.30. The lowest BCUT2D eigenvalue weighted by atomic mass is 9.80. The van der Waals surface area contributed by atoms with E-state index in [1.807, 2.05) is 18.2 Å². The van der Waals surface area contributed by atoms with Gasteiger partial charge in [0.25, 0.3) is 0 Å². The molecule has 1 atom stereocenters. The van der Waals surface area contributed by atoms with Crippen LogP contribution in [-0.2, 0) is 6.61 Å². The van der Waals surface area contributed by atoms with Crippen molar-refractivity contribution in [3.63, 3.8) is 0 Å². The van der Waals surface area contributed by atoms with Crippen LogP contribution in [-0.4, -0.2) is 18.2 Å². The van der Waals surface area contributed by atoms with Crippen molar-refractivity contribution in [1.29, 1.82) is 0 Å². The summed E-state index contributed by atoms with van der Waals surface area (Å²) in [4.78, 5) is 2.37. The smallest absolute Gasteiger partial charge is 0.0702 e. The van der Waals surface area contributed by atoms with Crippen molar-refractivity contribution in [3.05, 3.63) is 28.8 Å². The summed E-state index contributed by atoms with van der Waals surface area (Å²) in [6.07, 6.45) is 1.22. The second-order valence-electron chi connectivity index (χ2n) is 6.23. The fourth-order valence-corrected chi connectivity index (χ4v) is 2.87. The molecule has 0 radical (unpaired) electrons. The molecule has 1 aliphatic rings. The molecule has 0 aliphatic carbocycles. The lowest BCUT2D eigenvalue weighted by Gasteiger charge is -2.28. The van der Waals surface area contributed by atoms with Crippen molar-refractivity contribution >= 4 is 17.3 Å². The second-order valence-corrected chi connectivity index (χ2v) is 6.67. The van der Waals surface area contributed by atoms with Crippen LogP contribution < -0.4 is 4.90 Å². The van der Waals surface area contributed by atoms with Gasteiger partial charge in [-0.25, -0.2) is 0 Å². The van der Waals surface area contributed by atoms with Crippen LogP contribution in [0.2, 0.25) is 5.02 Å². The summed E-state index contributed by atoms with van der Waals surface area (Å²) in [6.45, 7) is 9.09. The molecule has 0 amide bonds. The molecule has 1 aromatic rings. The monoisotopic (exact) mass is 267 g/mol. The van der Waals surface area contributed by atoms with Crippen molar-refractivity contribution in [3.8, 4) is 0 Å². The van der Waals surface area contributed by atoms with Crippen LogP contribution in [0.25, 0.3) is 0 Å². The van der Waals surface area contributed by atoms with Gasteiger partial charge in [-0.2, -0.15) is 0 Å². The molecule has 100 valence electrons. The van der Waals surface area contributed by atoms with E-state index in [4.69, 9.17) is 11.6 Å². The Morgan fingerprint density at radius 3 is 2.67 bits per heavy atom. The Labute approximate surface area is 115 Å². The predicted molar refractivity (Wildman–Crippen MR) is 77.1 cm³/mol. The summed E-state index contributed by atoms with van der Waals surface area (Å²) in [5.41, 5.74) is 2.41. The summed E-state index contributed by atoms with van der Waals surface area (Å²) < 4.78 is 0. The van der Waals surface area contributed by atoms with Gasteiger partial charge >= 0.3 is 0 Å². The van der Waals surface area contributed by atoms with Gasteiger partial charge in [0.2, 0.25) is 0 Å². The molecule has 1 aromatic carbocycles. The zero-order valence-corrected chi connectivity index (χ0v) is 12.2. The van der Waals surface area contributed by atoms with E-state index >= 15 is 0 Å². The number of benzene rings is 1. The zero-order valence-electron chi connectivity index (χ0n) is 11.4. The van der Waals surface area contributed by atoms with Crippen LogP contribution >= 0.6 is 11.6 Å². The lowest BCUT2D eigenvalue weighted by Crippen LogP contribution is -2.26. The molecule has 1 N–H and O–H groups in total. The van der Waals surface area contributed by atoms with Crippen molar-refractivity contribution in [2.75, 3.05) is 18.0 Å². The van der Waals surface area contributed by atoms with Crippen LogP contribution in [0.4, 0.5) is 5.69 Å². The highest BCUT2D eigenvalue weighted by Gasteiger charge is 2.32. The number of hydrogen-bond donors (Lipinski definition) is 1. The highest BCUT2D eigenvalue weighted by atomic mass is 35.5. The summed E-state index contributed by atoms with van der Waals surface area (Å²) in [5, 5.41) is 10.1. The third kappa shape index (κ3) is 2.81. The summed E-state index contributed by atoms with van der Waals surface area (Å²) in [6, 6.07) is 5.79. The molecular formula is C15H22ClNO. The largest absolute Gasteiger partial charge is 0.392 e. The Morgan fingerprint density at radius 2 is 2.11 bits per heavy atom. The van der Waals surface area contributed by atoms with Gasteiger partial charge in [-0.1, -0.05) is 32.4 Å². The van der Waals surface area contributed by atoms with Crippen molar-refractivity contribution in [2.24, 2.45) is 11.3 Å². The van der Waals surface area contributed by atoms with Gasteiger partial charge in [-0.3, -0.25) is 0 Å². The normalized spacial score (nSPS) is 20.5. The molecular weight excluding hydrogens is 246 g/mol. The Bertz CT molecular complexity index is 425. The number of aliphatic hydroxyl groups excluding tert-OH is 1. The van der Waals surface area contributed by atoms with E-state index in [0.29, 0.717) is 16.4 Å². The average Bonchev–Trinajstić information content (AvgIpc) is 2.77. The molecule has 0 bridgehead atoms. The maximum Gasteiger partial charge on any atom is 0.0702 e. The maximum atomic E-state index is 9.44. The molecule has 0 aromatic heterocycles. The van der Waals surface area contributed by atoms with Gasteiger partial charge in [-0.15, -0.1) is 0 Å². The number of anilines is 1. The van der Waals surface area contributed by atoms with Crippen LogP contribution in [0, 0.1) is 11.3 Å². The standard InChI is InChI=1S/C15H22ClNO/c1-15(2,3)12-6-7-17(9-12)14-5-4-13(16)8-11(14)10-18/h4-5,8,12,18H,6-7,9-10H2,1-3H3. The highest BCUT2D eigenvalue weighted by Crippen LogP contribution is 2.37. The van der Waals surface area contributed by atoms with Gasteiger partial charge < -0.3 is 10.0 Å². The van der Waals surface area contributed by atoms with Crippen LogP contribution in [0.1, 0.15) is 32.8 Å². The first kappa shape index (κ1) is 13.7. The zero-order chi connectivity index (χ0) is 13.3. The minimum Gasteiger partial charge on any atom is -0.392 e. The van der Waals surface area contributed by atoms with E-state index in [9.17, 15) is 5.11 Å². The minimum atomic E-state index is 0.0482. The van der Waals surface area contributed by atoms with E-state index < -0.39 is 0 Å². The van der Waals surface area contributed by atoms with Crippen LogP contribution in [0.3, 0.4) is 0 Å². The average molecular weight is 268 g/mol. The molecule has 18 heavy (non-hydrogen) atoms. The molecule has 0 saturated carbocycles. The lowest BCUT2D eigenvalue weighted by molar-refractivity contribution is 0.263. The van der Waals surface area contributed by atoms with Gasteiger partial charge in [0.1, 0.15) is 0 Å². The topological polar surface area (TPSA) is 23.5 Å². The Morgan fingerprint density at radius 1 is 1.39 bits per heavy atom. The van der Waals surface area contributed by atoms with Gasteiger partial charge in [-0.05, 0) is 36.0 Å². The Hall–Kier alpha value is -0.730. The summed E-state index contributed by atoms with van der Waals surface area (Å²) in [7, 11) is 0. The van der Waals surface area contributed by atoms with E-state index in [0.717, 1.165) is 24.3 Å². The van der Waals surface area contributed by atoms with Gasteiger partial charge in [0.15, 0.2) is 0 Å². The summed E-state index contributed by atoms with van der Waals surface area (Å²) >= 11 is 5.97. The molecule has 2 nitrogen and oxygen atoms in total. The van der Waals surface area contributed by atoms with Gasteiger partial charge in [0, 0.05) is 29.4 Å². The number of aliphatic hydroxyl groups is 1. The van der Waals surface area contributed by atoms with Gasteiger partial charge in [0.05, 0.1) is 6.61 Å². The number of hydrogen-bond acceptors (Lipinski definition) is 2. The molecule has 1 aliphatic heterocycles. The van der Waals surface area contributed by atoms with E-state index in [1.165, 1.54) is 6.42 Å². The quantitative estimate of drug-likeness (QED) is 0.883. The molecule has 1 saturated heterocycles. The van der Waals surface area contributed by atoms with Crippen molar-refractivity contribution in [1.82, 2.24) is 0 Å². The maximum absolute atomic E-state index is 9.44. The van der Waals surface area contributed by atoms with Crippen molar-refractivity contribution in [2.45, 2.75) is 33.8 Å². The second kappa shape index (κ2) is 5.10. The molecule has 2 rings (SSSR count). The predicted octanol–water partition coefficient (Wildman–Crippen LogP) is 3.70. The third-order valence-electron chi connectivity index (χ3n) is 3.97. The van der Waals surface area contributed by atoms with E-state index in [-0.39, 0.29) is 6.61 Å². The summed E-state index contributed by atoms with van der Waals surface area (Å²) in [5.74, 6) is 0.708. The first-order chi connectivity index (χ1) is 8.41. The molecule has 0 spiro atoms. The van der Waals surface area contributed by atoms with Crippen molar-refractivity contribution < 1.29 is 5.11 Å². The Balaban J connectivity index is 2.19. The van der Waals surface area contributed by atoms with E-state index in [1.54, 1.807) is 0 Å². The number of rotatable bonds is 2. The number of nitrogens with zero attached hydrogens (tertiary/aromatic N) is 1. The number of halogens is 1.